The average molecular weight is 560 g/mol. The van der Waals surface area contributed by atoms with E-state index in [0.29, 0.717) is 16.5 Å². The third kappa shape index (κ3) is 6.76. The number of nitrogens with zero attached hydrogens (tertiary/aromatic N) is 2. The van der Waals surface area contributed by atoms with Crippen molar-refractivity contribution in [3.63, 3.8) is 0 Å². The molecule has 0 aromatic heterocycles. The molecule has 0 aliphatic carbocycles. The first-order valence-electron chi connectivity index (χ1n) is 11.7. The maximum Gasteiger partial charge on any atom is 0.264 e. The van der Waals surface area contributed by atoms with Gasteiger partial charge in [-0.15, -0.1) is 0 Å². The Bertz CT molecular complexity index is 1360. The van der Waals surface area contributed by atoms with Gasteiger partial charge >= 0.3 is 0 Å². The molecule has 0 unspecified atom stereocenters. The topological polar surface area (TPSA) is 105 Å². The molecule has 1 atom stereocenters. The van der Waals surface area contributed by atoms with Crippen LogP contribution in [0.3, 0.4) is 0 Å². The number of hydrogen-bond donors (Lipinski definition) is 1. The summed E-state index contributed by atoms with van der Waals surface area (Å²) < 4.78 is 38.9. The molecule has 0 radical (unpaired) electrons. The summed E-state index contributed by atoms with van der Waals surface area (Å²) in [6, 6.07) is 18.2. The fourth-order valence-electron chi connectivity index (χ4n) is 3.75. The van der Waals surface area contributed by atoms with Crippen molar-refractivity contribution < 1.29 is 27.5 Å². The first kappa shape index (κ1) is 28.8. The second-order valence-electron chi connectivity index (χ2n) is 8.33. The minimum absolute atomic E-state index is 0.0351. The van der Waals surface area contributed by atoms with Gasteiger partial charge in [0.05, 0.1) is 24.8 Å². The smallest absolute Gasteiger partial charge is 0.264 e. The molecule has 0 saturated carbocycles. The van der Waals surface area contributed by atoms with Gasteiger partial charge in [0.25, 0.3) is 10.0 Å². The van der Waals surface area contributed by atoms with E-state index in [2.05, 4.69) is 5.32 Å². The van der Waals surface area contributed by atoms with Crippen LogP contribution in [-0.2, 0) is 26.2 Å². The highest BCUT2D eigenvalue weighted by molar-refractivity contribution is 7.92. The van der Waals surface area contributed by atoms with Crippen LogP contribution in [0.5, 0.6) is 11.5 Å². The molecule has 0 spiro atoms. The molecule has 3 rings (SSSR count). The van der Waals surface area contributed by atoms with Gasteiger partial charge in [-0.05, 0) is 67.1 Å². The van der Waals surface area contributed by atoms with E-state index < -0.39 is 28.5 Å². The zero-order valence-corrected chi connectivity index (χ0v) is 23.1. The van der Waals surface area contributed by atoms with Gasteiger partial charge < -0.3 is 19.7 Å². The van der Waals surface area contributed by atoms with Gasteiger partial charge in [-0.2, -0.15) is 0 Å². The first-order valence-corrected chi connectivity index (χ1v) is 13.5. The number of sulfonamides is 1. The van der Waals surface area contributed by atoms with Crippen molar-refractivity contribution in [3.05, 3.63) is 83.4 Å². The number of ether oxygens (including phenoxy) is 2. The summed E-state index contributed by atoms with van der Waals surface area (Å²) in [7, 11) is 0.296. The second-order valence-corrected chi connectivity index (χ2v) is 10.6. The Morgan fingerprint density at radius 3 is 2.05 bits per heavy atom. The summed E-state index contributed by atoms with van der Waals surface area (Å²) in [5.41, 5.74) is 0.945. The van der Waals surface area contributed by atoms with E-state index in [0.717, 1.165) is 9.87 Å². The zero-order chi connectivity index (χ0) is 27.9. The van der Waals surface area contributed by atoms with Gasteiger partial charge in [-0.25, -0.2) is 8.42 Å². The van der Waals surface area contributed by atoms with Gasteiger partial charge in [0.2, 0.25) is 11.8 Å². The molecule has 38 heavy (non-hydrogen) atoms. The number of likely N-dealkylation sites (N-methyl/N-ethyl adjacent to an activating group) is 1. The summed E-state index contributed by atoms with van der Waals surface area (Å²) in [4.78, 5) is 27.6. The highest BCUT2D eigenvalue weighted by atomic mass is 35.5. The summed E-state index contributed by atoms with van der Waals surface area (Å²) >= 11 is 6.17. The SMILES string of the molecule is CNC(=O)[C@@H](C)N(Cc1ccc(OC)cc1)C(=O)CN(c1cccc(Cl)c1)S(=O)(=O)c1ccc(OC)cc1. The monoisotopic (exact) mass is 559 g/mol. The minimum atomic E-state index is -4.20. The first-order chi connectivity index (χ1) is 18.1. The molecule has 0 fully saturated rings. The van der Waals surface area contributed by atoms with E-state index in [1.807, 2.05) is 0 Å². The summed E-state index contributed by atoms with van der Waals surface area (Å²) in [6.45, 7) is 1.09. The number of hydrogen-bond acceptors (Lipinski definition) is 6. The van der Waals surface area contributed by atoms with E-state index in [4.69, 9.17) is 21.1 Å². The lowest BCUT2D eigenvalue weighted by molar-refractivity contribution is -0.139. The molecule has 0 bridgehead atoms. The normalized spacial score (nSPS) is 11.8. The van der Waals surface area contributed by atoms with Crippen molar-refractivity contribution in [2.75, 3.05) is 32.1 Å². The molecule has 0 saturated heterocycles. The standard InChI is InChI=1S/C27H30ClN3O6S/c1-19(27(33)29-2)30(17-20-8-10-23(36-3)11-9-20)26(32)18-31(22-7-5-6-21(28)16-22)38(34,35)25-14-12-24(37-4)13-15-25/h5-16,19H,17-18H2,1-4H3,(H,29,33)/t19-/m1/s1. The second kappa shape index (κ2) is 12.7. The number of methoxy groups -OCH3 is 2. The molecule has 202 valence electrons. The van der Waals surface area contributed by atoms with E-state index in [1.54, 1.807) is 56.5 Å². The van der Waals surface area contributed by atoms with Gasteiger partial charge in [0.1, 0.15) is 24.1 Å². The third-order valence-electron chi connectivity index (χ3n) is 5.95. The Balaban J connectivity index is 2.02. The lowest BCUT2D eigenvalue weighted by Crippen LogP contribution is -2.50. The molecule has 11 heteroatoms. The van der Waals surface area contributed by atoms with Crippen molar-refractivity contribution in [1.82, 2.24) is 10.2 Å². The van der Waals surface area contributed by atoms with Crippen LogP contribution in [0.4, 0.5) is 5.69 Å². The van der Waals surface area contributed by atoms with Gasteiger partial charge in [-0.3, -0.25) is 13.9 Å². The van der Waals surface area contributed by atoms with E-state index in [9.17, 15) is 18.0 Å². The molecule has 9 nitrogen and oxygen atoms in total. The summed E-state index contributed by atoms with van der Waals surface area (Å²) in [5.74, 6) is 0.163. The van der Waals surface area contributed by atoms with E-state index >= 15 is 0 Å². The van der Waals surface area contributed by atoms with Crippen LogP contribution in [0, 0.1) is 0 Å². The molecular weight excluding hydrogens is 530 g/mol. The van der Waals surface area contributed by atoms with Crippen molar-refractivity contribution in [2.24, 2.45) is 0 Å². The summed E-state index contributed by atoms with van der Waals surface area (Å²) in [6.07, 6.45) is 0. The number of amides is 2. The molecule has 1 N–H and O–H groups in total. The summed E-state index contributed by atoms with van der Waals surface area (Å²) in [5, 5.41) is 2.85. The Labute approximate surface area is 228 Å². The molecule has 2 amide bonds. The maximum absolute atomic E-state index is 13.8. The fourth-order valence-corrected chi connectivity index (χ4v) is 5.34. The number of halogens is 1. The number of anilines is 1. The van der Waals surface area contributed by atoms with Crippen LogP contribution in [-0.4, -0.2) is 59.0 Å². The quantitative estimate of drug-likeness (QED) is 0.384. The Morgan fingerprint density at radius 2 is 1.53 bits per heavy atom. The molecule has 0 heterocycles. The fraction of sp³-hybridized carbons (Fsp3) is 0.259. The number of carbonyl (C=O) groups excluding carboxylic acids is 2. The van der Waals surface area contributed by atoms with Crippen molar-refractivity contribution in [2.45, 2.75) is 24.4 Å². The van der Waals surface area contributed by atoms with Crippen LogP contribution in [0.2, 0.25) is 5.02 Å². The van der Waals surface area contributed by atoms with Gasteiger partial charge in [0, 0.05) is 18.6 Å². The van der Waals surface area contributed by atoms with E-state index in [1.165, 1.54) is 49.4 Å². The van der Waals surface area contributed by atoms with Crippen LogP contribution in [0.1, 0.15) is 12.5 Å². The van der Waals surface area contributed by atoms with Crippen molar-refractivity contribution >= 4 is 39.1 Å². The predicted octanol–water partition coefficient (Wildman–Crippen LogP) is 3.72. The highest BCUT2D eigenvalue weighted by Crippen LogP contribution is 2.28. The van der Waals surface area contributed by atoms with Crippen LogP contribution < -0.4 is 19.1 Å². The molecule has 3 aromatic rings. The van der Waals surface area contributed by atoms with Crippen molar-refractivity contribution in [3.8, 4) is 11.5 Å². The minimum Gasteiger partial charge on any atom is -0.497 e. The highest BCUT2D eigenvalue weighted by Gasteiger charge is 2.32. The maximum atomic E-state index is 13.8. The predicted molar refractivity (Wildman–Crippen MR) is 146 cm³/mol. The Kier molecular flexibility index (Phi) is 9.60. The zero-order valence-electron chi connectivity index (χ0n) is 21.5. The van der Waals surface area contributed by atoms with E-state index in [-0.39, 0.29) is 23.0 Å². The lowest BCUT2D eigenvalue weighted by Gasteiger charge is -2.31. The van der Waals surface area contributed by atoms with Crippen LogP contribution in [0.15, 0.2) is 77.7 Å². The molecule has 3 aromatic carbocycles. The lowest BCUT2D eigenvalue weighted by atomic mass is 10.1. The largest absolute Gasteiger partial charge is 0.497 e. The van der Waals surface area contributed by atoms with Gasteiger partial charge in [0.15, 0.2) is 0 Å². The number of nitrogens with one attached hydrogen (secondary N) is 1. The van der Waals surface area contributed by atoms with Gasteiger partial charge in [-0.1, -0.05) is 29.8 Å². The molecule has 0 aliphatic heterocycles. The van der Waals surface area contributed by atoms with Crippen LogP contribution >= 0.6 is 11.6 Å². The average Bonchev–Trinajstić information content (AvgIpc) is 2.93. The van der Waals surface area contributed by atoms with Crippen LogP contribution in [0.25, 0.3) is 0 Å². The molecular formula is C27H30ClN3O6S. The number of rotatable bonds is 11. The number of benzene rings is 3. The Morgan fingerprint density at radius 1 is 0.947 bits per heavy atom. The molecule has 0 aliphatic rings. The third-order valence-corrected chi connectivity index (χ3v) is 7.97. The Hall–Kier alpha value is -3.76. The van der Waals surface area contributed by atoms with Crippen molar-refractivity contribution in [1.29, 1.82) is 0 Å². The number of carbonyl (C=O) groups is 2.